The van der Waals surface area contributed by atoms with Gasteiger partial charge in [0.1, 0.15) is 0 Å². The van der Waals surface area contributed by atoms with E-state index in [0.29, 0.717) is 6.54 Å². The largest absolute Gasteiger partial charge is 0.395 e. The third-order valence-corrected chi connectivity index (χ3v) is 2.33. The van der Waals surface area contributed by atoms with E-state index in [1.165, 1.54) is 0 Å². The van der Waals surface area contributed by atoms with Crippen molar-refractivity contribution in [2.75, 3.05) is 19.7 Å². The van der Waals surface area contributed by atoms with E-state index in [1.54, 1.807) is 4.90 Å². The molecule has 13 heavy (non-hydrogen) atoms. The Morgan fingerprint density at radius 1 is 1.62 bits per heavy atom. The Balaban J connectivity index is 2.38. The molecule has 4 heteroatoms. The molecule has 1 saturated carbocycles. The molecule has 0 aromatic carbocycles. The van der Waals surface area contributed by atoms with Gasteiger partial charge in [0, 0.05) is 19.1 Å². The van der Waals surface area contributed by atoms with Crippen LogP contribution in [-0.4, -0.2) is 41.7 Å². The van der Waals surface area contributed by atoms with Gasteiger partial charge >= 0.3 is 0 Å². The Hall–Kier alpha value is -0.610. The zero-order valence-electron chi connectivity index (χ0n) is 8.07. The van der Waals surface area contributed by atoms with Crippen molar-refractivity contribution in [2.45, 2.75) is 25.8 Å². The second-order valence-electron chi connectivity index (χ2n) is 3.55. The molecule has 0 radical (unpaired) electrons. The molecule has 76 valence electrons. The lowest BCUT2D eigenvalue weighted by atomic mass is 10.3. The lowest BCUT2D eigenvalue weighted by molar-refractivity contribution is -0.133. The molecule has 0 heterocycles. The van der Waals surface area contributed by atoms with Crippen molar-refractivity contribution in [3.63, 3.8) is 0 Å². The number of nitrogens with zero attached hydrogens (tertiary/aromatic N) is 1. The number of aliphatic hydroxyl groups is 1. The predicted octanol–water partition coefficient (Wildman–Crippen LogP) is -0.435. The minimum atomic E-state index is 0.0260. The molecular formula is C9H18N2O2. The summed E-state index contributed by atoms with van der Waals surface area (Å²) < 4.78 is 0. The first-order valence-corrected chi connectivity index (χ1v) is 4.86. The lowest BCUT2D eigenvalue weighted by Crippen LogP contribution is -2.36. The number of hydrogen-bond donors (Lipinski definition) is 2. The van der Waals surface area contributed by atoms with Crippen LogP contribution in [0.2, 0.25) is 0 Å². The van der Waals surface area contributed by atoms with E-state index in [0.717, 1.165) is 19.4 Å². The molecule has 0 aromatic heterocycles. The number of amides is 1. The highest BCUT2D eigenvalue weighted by atomic mass is 16.3. The first-order chi connectivity index (χ1) is 6.20. The minimum absolute atomic E-state index is 0.0260. The summed E-state index contributed by atoms with van der Waals surface area (Å²) in [6.45, 7) is 3.22. The standard InChI is InChI=1S/C9H18N2O2/c1-2-3-11(4-5-12)9(13)7-6-8(7)10/h7-8,12H,2-6,10H2,1H3. The minimum Gasteiger partial charge on any atom is -0.395 e. The van der Waals surface area contributed by atoms with Crippen LogP contribution in [0.3, 0.4) is 0 Å². The molecule has 1 fully saturated rings. The van der Waals surface area contributed by atoms with Gasteiger partial charge in [-0.2, -0.15) is 0 Å². The molecule has 0 aliphatic heterocycles. The van der Waals surface area contributed by atoms with Crippen molar-refractivity contribution >= 4 is 5.91 Å². The van der Waals surface area contributed by atoms with Gasteiger partial charge in [0.15, 0.2) is 0 Å². The van der Waals surface area contributed by atoms with E-state index in [2.05, 4.69) is 0 Å². The zero-order chi connectivity index (χ0) is 9.84. The van der Waals surface area contributed by atoms with Gasteiger partial charge in [-0.25, -0.2) is 0 Å². The van der Waals surface area contributed by atoms with Crippen LogP contribution in [0.1, 0.15) is 19.8 Å². The average Bonchev–Trinajstić information content (AvgIpc) is 2.81. The molecule has 1 aliphatic carbocycles. The van der Waals surface area contributed by atoms with Gasteiger partial charge < -0.3 is 15.7 Å². The summed E-state index contributed by atoms with van der Waals surface area (Å²) in [5.74, 6) is 0.140. The summed E-state index contributed by atoms with van der Waals surface area (Å²) >= 11 is 0. The third-order valence-electron chi connectivity index (χ3n) is 2.33. The van der Waals surface area contributed by atoms with E-state index in [9.17, 15) is 4.79 Å². The topological polar surface area (TPSA) is 66.6 Å². The van der Waals surface area contributed by atoms with Crippen LogP contribution in [0.15, 0.2) is 0 Å². The van der Waals surface area contributed by atoms with Gasteiger partial charge in [0.05, 0.1) is 12.5 Å². The summed E-state index contributed by atoms with van der Waals surface area (Å²) in [7, 11) is 0. The third kappa shape index (κ3) is 2.67. The SMILES string of the molecule is CCCN(CCO)C(=O)C1CC1N. The Bertz CT molecular complexity index is 178. The fraction of sp³-hybridized carbons (Fsp3) is 0.889. The molecule has 1 amide bonds. The van der Waals surface area contributed by atoms with E-state index in [4.69, 9.17) is 10.8 Å². The van der Waals surface area contributed by atoms with E-state index >= 15 is 0 Å². The summed E-state index contributed by atoms with van der Waals surface area (Å²) in [6, 6.07) is 0.0607. The van der Waals surface area contributed by atoms with Crippen LogP contribution >= 0.6 is 0 Å². The van der Waals surface area contributed by atoms with Crippen LogP contribution in [0.25, 0.3) is 0 Å². The van der Waals surface area contributed by atoms with Gasteiger partial charge in [-0.15, -0.1) is 0 Å². The van der Waals surface area contributed by atoms with E-state index < -0.39 is 0 Å². The van der Waals surface area contributed by atoms with Crippen LogP contribution in [0, 0.1) is 5.92 Å². The number of carbonyl (C=O) groups is 1. The predicted molar refractivity (Wildman–Crippen MR) is 50.0 cm³/mol. The van der Waals surface area contributed by atoms with Crippen LogP contribution < -0.4 is 5.73 Å². The lowest BCUT2D eigenvalue weighted by Gasteiger charge is -2.20. The summed E-state index contributed by atoms with van der Waals surface area (Å²) in [6.07, 6.45) is 1.73. The fourth-order valence-corrected chi connectivity index (χ4v) is 1.46. The Kier molecular flexibility index (Phi) is 3.69. The Morgan fingerprint density at radius 2 is 2.23 bits per heavy atom. The van der Waals surface area contributed by atoms with Crippen molar-refractivity contribution in [2.24, 2.45) is 11.7 Å². The highest BCUT2D eigenvalue weighted by Gasteiger charge is 2.41. The highest BCUT2D eigenvalue weighted by molar-refractivity contribution is 5.82. The maximum atomic E-state index is 11.6. The van der Waals surface area contributed by atoms with Gasteiger partial charge in [-0.1, -0.05) is 6.92 Å². The van der Waals surface area contributed by atoms with Crippen LogP contribution in [-0.2, 0) is 4.79 Å². The van der Waals surface area contributed by atoms with Crippen molar-refractivity contribution < 1.29 is 9.90 Å². The normalized spacial score (nSPS) is 25.8. The monoisotopic (exact) mass is 186 g/mol. The maximum Gasteiger partial charge on any atom is 0.227 e. The second kappa shape index (κ2) is 4.58. The highest BCUT2D eigenvalue weighted by Crippen LogP contribution is 2.29. The molecule has 0 bridgehead atoms. The smallest absolute Gasteiger partial charge is 0.227 e. The molecule has 2 unspecified atom stereocenters. The average molecular weight is 186 g/mol. The first kappa shape index (κ1) is 10.5. The quantitative estimate of drug-likeness (QED) is 0.612. The van der Waals surface area contributed by atoms with Crippen molar-refractivity contribution in [3.8, 4) is 0 Å². The van der Waals surface area contributed by atoms with Gasteiger partial charge in [0.2, 0.25) is 5.91 Å². The van der Waals surface area contributed by atoms with Gasteiger partial charge in [0.25, 0.3) is 0 Å². The molecule has 4 nitrogen and oxygen atoms in total. The maximum absolute atomic E-state index is 11.6. The molecule has 0 saturated heterocycles. The summed E-state index contributed by atoms with van der Waals surface area (Å²) in [5.41, 5.74) is 5.59. The number of rotatable bonds is 5. The number of hydrogen-bond acceptors (Lipinski definition) is 3. The zero-order valence-corrected chi connectivity index (χ0v) is 8.07. The van der Waals surface area contributed by atoms with E-state index in [1.807, 2.05) is 6.92 Å². The second-order valence-corrected chi connectivity index (χ2v) is 3.55. The molecule has 2 atom stereocenters. The van der Waals surface area contributed by atoms with Crippen molar-refractivity contribution in [1.29, 1.82) is 0 Å². The molecule has 1 aliphatic rings. The fourth-order valence-electron chi connectivity index (χ4n) is 1.46. The van der Waals surface area contributed by atoms with Crippen LogP contribution in [0.4, 0.5) is 0 Å². The Morgan fingerprint density at radius 3 is 2.62 bits per heavy atom. The molecule has 0 aromatic rings. The van der Waals surface area contributed by atoms with Crippen molar-refractivity contribution in [3.05, 3.63) is 0 Å². The number of nitrogens with two attached hydrogens (primary N) is 1. The van der Waals surface area contributed by atoms with Crippen LogP contribution in [0.5, 0.6) is 0 Å². The first-order valence-electron chi connectivity index (χ1n) is 4.86. The molecule has 3 N–H and O–H groups in total. The number of carbonyl (C=O) groups excluding carboxylic acids is 1. The van der Waals surface area contributed by atoms with Gasteiger partial charge in [-0.05, 0) is 12.8 Å². The number of aliphatic hydroxyl groups excluding tert-OH is 1. The molecular weight excluding hydrogens is 168 g/mol. The summed E-state index contributed by atoms with van der Waals surface area (Å²) in [4.78, 5) is 13.3. The van der Waals surface area contributed by atoms with Gasteiger partial charge in [-0.3, -0.25) is 4.79 Å². The van der Waals surface area contributed by atoms with Crippen molar-refractivity contribution in [1.82, 2.24) is 4.90 Å². The van der Waals surface area contributed by atoms with E-state index in [-0.39, 0.29) is 24.5 Å². The molecule has 0 spiro atoms. The summed E-state index contributed by atoms with van der Waals surface area (Å²) in [5, 5.41) is 8.76. The Labute approximate surface area is 78.7 Å². The molecule has 1 rings (SSSR count).